The molecular weight excluding hydrogens is 404 g/mol. The second kappa shape index (κ2) is 8.04. The molecule has 2 aromatic carbocycles. The summed E-state index contributed by atoms with van der Waals surface area (Å²) >= 11 is 0. The van der Waals surface area contributed by atoms with E-state index in [4.69, 9.17) is 4.74 Å². The summed E-state index contributed by atoms with van der Waals surface area (Å²) in [5.41, 5.74) is 2.43. The molecule has 160 valence electrons. The zero-order valence-corrected chi connectivity index (χ0v) is 17.4. The number of amides is 1. The van der Waals surface area contributed by atoms with Crippen LogP contribution < -0.4 is 5.32 Å². The SMILES string of the molecule is O=C(c1ccccc1)c1ccc(NC(=O)[C@H]2CC[C@@]3(CC2)OC(=O)c2ncccc23)cc1. The van der Waals surface area contributed by atoms with Crippen LogP contribution in [0.4, 0.5) is 5.69 Å². The van der Waals surface area contributed by atoms with Crippen molar-refractivity contribution in [1.82, 2.24) is 4.98 Å². The fourth-order valence-electron chi connectivity index (χ4n) is 4.64. The first-order chi connectivity index (χ1) is 15.6. The molecule has 0 bridgehead atoms. The summed E-state index contributed by atoms with van der Waals surface area (Å²) in [5, 5.41) is 2.95. The number of nitrogens with zero attached hydrogens (tertiary/aromatic N) is 1. The first kappa shape index (κ1) is 20.1. The number of aromatic nitrogens is 1. The molecule has 32 heavy (non-hydrogen) atoms. The topological polar surface area (TPSA) is 85.4 Å². The average Bonchev–Trinajstić information content (AvgIpc) is 3.11. The van der Waals surface area contributed by atoms with Gasteiger partial charge in [-0.25, -0.2) is 9.78 Å². The number of fused-ring (bicyclic) bond motifs is 2. The summed E-state index contributed by atoms with van der Waals surface area (Å²) in [7, 11) is 0. The highest BCUT2D eigenvalue weighted by Gasteiger charge is 2.49. The third kappa shape index (κ3) is 3.58. The number of nitrogens with one attached hydrogen (secondary N) is 1. The normalized spacial score (nSPS) is 21.6. The number of benzene rings is 2. The number of esters is 1. The predicted molar refractivity (Wildman–Crippen MR) is 118 cm³/mol. The van der Waals surface area contributed by atoms with Crippen LogP contribution in [0.15, 0.2) is 72.9 Å². The number of rotatable bonds is 4. The zero-order valence-electron chi connectivity index (χ0n) is 17.4. The van der Waals surface area contributed by atoms with Gasteiger partial charge in [-0.3, -0.25) is 9.59 Å². The van der Waals surface area contributed by atoms with Crippen LogP contribution in [-0.2, 0) is 15.1 Å². The lowest BCUT2D eigenvalue weighted by molar-refractivity contribution is -0.122. The molecule has 1 aromatic heterocycles. The van der Waals surface area contributed by atoms with Crippen molar-refractivity contribution in [1.29, 1.82) is 0 Å². The van der Waals surface area contributed by atoms with Crippen molar-refractivity contribution in [3.05, 3.63) is 95.3 Å². The summed E-state index contributed by atoms with van der Waals surface area (Å²) < 4.78 is 5.71. The fraction of sp³-hybridized carbons (Fsp3) is 0.231. The van der Waals surface area contributed by atoms with Gasteiger partial charge in [0, 0.05) is 34.5 Å². The van der Waals surface area contributed by atoms with Crippen LogP contribution in [-0.4, -0.2) is 22.6 Å². The van der Waals surface area contributed by atoms with Crippen molar-refractivity contribution in [2.75, 3.05) is 5.32 Å². The first-order valence-electron chi connectivity index (χ1n) is 10.8. The fourth-order valence-corrected chi connectivity index (χ4v) is 4.64. The number of hydrogen-bond donors (Lipinski definition) is 1. The van der Waals surface area contributed by atoms with E-state index < -0.39 is 5.60 Å². The second-order valence-electron chi connectivity index (χ2n) is 8.32. The van der Waals surface area contributed by atoms with Gasteiger partial charge in [0.2, 0.25) is 5.91 Å². The lowest BCUT2D eigenvalue weighted by Gasteiger charge is -2.35. The summed E-state index contributed by atoms with van der Waals surface area (Å²) in [5.74, 6) is -0.654. The van der Waals surface area contributed by atoms with E-state index in [9.17, 15) is 14.4 Å². The maximum atomic E-state index is 12.8. The Balaban J connectivity index is 1.22. The molecule has 2 aliphatic rings. The second-order valence-corrected chi connectivity index (χ2v) is 8.32. The third-order valence-corrected chi connectivity index (χ3v) is 6.39. The monoisotopic (exact) mass is 426 g/mol. The minimum absolute atomic E-state index is 0.0538. The van der Waals surface area contributed by atoms with Crippen molar-refractivity contribution in [2.24, 2.45) is 5.92 Å². The highest BCUT2D eigenvalue weighted by Crippen LogP contribution is 2.47. The molecule has 6 heteroatoms. The molecule has 1 saturated carbocycles. The van der Waals surface area contributed by atoms with Gasteiger partial charge in [-0.1, -0.05) is 36.4 Å². The van der Waals surface area contributed by atoms with E-state index in [0.717, 1.165) is 5.56 Å². The van der Waals surface area contributed by atoms with E-state index in [1.165, 1.54) is 0 Å². The van der Waals surface area contributed by atoms with Crippen LogP contribution in [0.2, 0.25) is 0 Å². The van der Waals surface area contributed by atoms with Crippen molar-refractivity contribution >= 4 is 23.3 Å². The van der Waals surface area contributed by atoms with E-state index in [1.54, 1.807) is 42.6 Å². The van der Waals surface area contributed by atoms with Gasteiger partial charge in [0.15, 0.2) is 11.5 Å². The van der Waals surface area contributed by atoms with E-state index >= 15 is 0 Å². The van der Waals surface area contributed by atoms with Crippen LogP contribution in [0, 0.1) is 5.92 Å². The number of carbonyl (C=O) groups is 3. The first-order valence-corrected chi connectivity index (χ1v) is 10.8. The number of carbonyl (C=O) groups excluding carboxylic acids is 3. The molecule has 0 atom stereocenters. The van der Waals surface area contributed by atoms with E-state index in [2.05, 4.69) is 10.3 Å². The molecule has 6 nitrogen and oxygen atoms in total. The smallest absolute Gasteiger partial charge is 0.358 e. The molecule has 1 N–H and O–H groups in total. The van der Waals surface area contributed by atoms with Gasteiger partial charge >= 0.3 is 5.97 Å². The van der Waals surface area contributed by atoms with Crippen LogP contribution >= 0.6 is 0 Å². The molecule has 5 rings (SSSR count). The molecule has 1 fully saturated rings. The van der Waals surface area contributed by atoms with Gasteiger partial charge in [-0.15, -0.1) is 0 Å². The molecule has 1 aliphatic carbocycles. The molecule has 0 radical (unpaired) electrons. The average molecular weight is 426 g/mol. The molecule has 1 aliphatic heterocycles. The van der Waals surface area contributed by atoms with Crippen LogP contribution in [0.1, 0.15) is 57.7 Å². The van der Waals surface area contributed by atoms with Crippen molar-refractivity contribution in [2.45, 2.75) is 31.3 Å². The largest absolute Gasteiger partial charge is 0.449 e. The Bertz CT molecular complexity index is 1180. The Morgan fingerprint density at radius 1 is 0.906 bits per heavy atom. The molecular formula is C26H22N2O4. The van der Waals surface area contributed by atoms with Gasteiger partial charge in [0.1, 0.15) is 5.60 Å². The summed E-state index contributed by atoms with van der Waals surface area (Å²) in [6.07, 6.45) is 4.03. The highest BCUT2D eigenvalue weighted by atomic mass is 16.6. The minimum atomic E-state index is -0.656. The molecule has 1 spiro atoms. The number of pyridine rings is 1. The minimum Gasteiger partial charge on any atom is -0.449 e. The Hall–Kier alpha value is -3.80. The lowest BCUT2D eigenvalue weighted by Crippen LogP contribution is -2.36. The molecule has 2 heterocycles. The summed E-state index contributed by atoms with van der Waals surface area (Å²) in [4.78, 5) is 41.7. The Morgan fingerprint density at radius 2 is 1.59 bits per heavy atom. The maximum Gasteiger partial charge on any atom is 0.358 e. The number of hydrogen-bond acceptors (Lipinski definition) is 5. The van der Waals surface area contributed by atoms with Crippen LogP contribution in [0.25, 0.3) is 0 Å². The molecule has 1 amide bonds. The van der Waals surface area contributed by atoms with E-state index in [-0.39, 0.29) is 23.6 Å². The quantitative estimate of drug-likeness (QED) is 0.490. The van der Waals surface area contributed by atoms with Crippen LogP contribution in [0.3, 0.4) is 0 Å². The number of ether oxygens (including phenoxy) is 1. The third-order valence-electron chi connectivity index (χ3n) is 6.39. The maximum absolute atomic E-state index is 12.8. The molecule has 0 unspecified atom stereocenters. The van der Waals surface area contributed by atoms with Crippen molar-refractivity contribution in [3.8, 4) is 0 Å². The van der Waals surface area contributed by atoms with E-state index in [0.29, 0.717) is 48.2 Å². The standard InChI is InChI=1S/C26H22N2O4/c29-23(17-5-2-1-3-6-17)18-8-10-20(11-9-18)28-24(30)19-12-14-26(15-13-19)21-7-4-16-27-22(21)25(31)32-26/h1-11,16,19H,12-15H2,(H,28,30)/t19-,26-. The highest BCUT2D eigenvalue weighted by molar-refractivity contribution is 6.09. The van der Waals surface area contributed by atoms with Gasteiger partial charge in [-0.05, 0) is 56.0 Å². The summed E-state index contributed by atoms with van der Waals surface area (Å²) in [6.45, 7) is 0. The van der Waals surface area contributed by atoms with E-state index in [1.807, 2.05) is 30.3 Å². The van der Waals surface area contributed by atoms with Crippen molar-refractivity contribution < 1.29 is 19.1 Å². The predicted octanol–water partition coefficient (Wildman–Crippen LogP) is 4.51. The summed E-state index contributed by atoms with van der Waals surface area (Å²) in [6, 6.07) is 19.8. The Kier molecular flexibility index (Phi) is 5.05. The molecule has 3 aromatic rings. The number of anilines is 1. The Labute approximate surface area is 185 Å². The number of ketones is 1. The van der Waals surface area contributed by atoms with Gasteiger partial charge in [0.25, 0.3) is 0 Å². The van der Waals surface area contributed by atoms with Gasteiger partial charge in [0.05, 0.1) is 0 Å². The Morgan fingerprint density at radius 3 is 2.31 bits per heavy atom. The molecule has 0 saturated heterocycles. The van der Waals surface area contributed by atoms with Gasteiger partial charge < -0.3 is 10.1 Å². The van der Waals surface area contributed by atoms with Crippen molar-refractivity contribution in [3.63, 3.8) is 0 Å². The van der Waals surface area contributed by atoms with Crippen LogP contribution in [0.5, 0.6) is 0 Å². The lowest BCUT2D eigenvalue weighted by atomic mass is 9.75. The van der Waals surface area contributed by atoms with Gasteiger partial charge in [-0.2, -0.15) is 0 Å². The zero-order chi connectivity index (χ0) is 22.1.